The molecule has 0 radical (unpaired) electrons. The Bertz CT molecular complexity index is 669. The molecule has 2 saturated heterocycles. The highest BCUT2D eigenvalue weighted by molar-refractivity contribution is 7.91. The van der Waals surface area contributed by atoms with E-state index in [1.807, 2.05) is 0 Å². The molecule has 1 N–H and O–H groups in total. The maximum Gasteiger partial charge on any atom is 0.254 e. The minimum absolute atomic E-state index is 0.112. The fourth-order valence-corrected chi connectivity index (χ4v) is 6.40. The van der Waals surface area contributed by atoms with E-state index in [0.717, 1.165) is 24.2 Å². The number of thiophene rings is 1. The van der Waals surface area contributed by atoms with Gasteiger partial charge >= 0.3 is 0 Å². The molecule has 2 fully saturated rings. The number of nitrogens with zero attached hydrogens (tertiary/aromatic N) is 2. The van der Waals surface area contributed by atoms with Crippen LogP contribution in [-0.2, 0) is 14.8 Å². The Hall–Kier alpha value is -0.670. The van der Waals surface area contributed by atoms with E-state index in [0.29, 0.717) is 50.2 Å². The van der Waals surface area contributed by atoms with Gasteiger partial charge in [0, 0.05) is 45.2 Å². The number of amides is 1. The first-order valence-corrected chi connectivity index (χ1v) is 10.4. The summed E-state index contributed by atoms with van der Waals surface area (Å²) < 4.78 is 27.0. The van der Waals surface area contributed by atoms with Crippen LogP contribution < -0.4 is 5.32 Å². The molecule has 3 heterocycles. The van der Waals surface area contributed by atoms with E-state index in [-0.39, 0.29) is 10.1 Å². The topological polar surface area (TPSA) is 69.7 Å². The van der Waals surface area contributed by atoms with Crippen LogP contribution in [0.5, 0.6) is 0 Å². The molecular weight excluding hydrogens is 358 g/mol. The van der Waals surface area contributed by atoms with E-state index < -0.39 is 10.0 Å². The molecule has 1 aromatic heterocycles. The van der Waals surface area contributed by atoms with Crippen LogP contribution in [0.25, 0.3) is 0 Å². The first kappa shape index (κ1) is 17.2. The van der Waals surface area contributed by atoms with Gasteiger partial charge in [-0.2, -0.15) is 4.31 Å². The summed E-state index contributed by atoms with van der Waals surface area (Å²) in [5.41, 5.74) is 0. The highest BCUT2D eigenvalue weighted by Crippen LogP contribution is 2.30. The molecule has 3 rings (SSSR count). The Morgan fingerprint density at radius 3 is 2.61 bits per heavy atom. The minimum atomic E-state index is -3.49. The molecule has 23 heavy (non-hydrogen) atoms. The number of nitrogens with one attached hydrogen (secondary N) is 1. The molecule has 0 aromatic carbocycles. The van der Waals surface area contributed by atoms with E-state index in [1.54, 1.807) is 11.4 Å². The van der Waals surface area contributed by atoms with E-state index in [1.165, 1.54) is 4.31 Å². The van der Waals surface area contributed by atoms with Crippen LogP contribution >= 0.6 is 22.9 Å². The van der Waals surface area contributed by atoms with Crippen LogP contribution in [0.2, 0.25) is 5.02 Å². The van der Waals surface area contributed by atoms with E-state index in [2.05, 4.69) is 10.2 Å². The van der Waals surface area contributed by atoms with Gasteiger partial charge in [0.1, 0.15) is 0 Å². The number of hydrogen-bond donors (Lipinski definition) is 1. The van der Waals surface area contributed by atoms with E-state index in [9.17, 15) is 13.2 Å². The number of sulfonamides is 1. The molecule has 6 nitrogen and oxygen atoms in total. The predicted octanol–water partition coefficient (Wildman–Crippen LogP) is 1.38. The van der Waals surface area contributed by atoms with Gasteiger partial charge in [-0.05, 0) is 24.3 Å². The normalized spacial score (nSPS) is 25.1. The molecule has 2 aliphatic rings. The summed E-state index contributed by atoms with van der Waals surface area (Å²) in [7, 11) is -3.49. The van der Waals surface area contributed by atoms with Crippen LogP contribution in [-0.4, -0.2) is 62.3 Å². The van der Waals surface area contributed by atoms with Gasteiger partial charge in [-0.1, -0.05) is 11.6 Å². The third-order valence-corrected chi connectivity index (χ3v) is 8.35. The molecule has 1 amide bonds. The summed E-state index contributed by atoms with van der Waals surface area (Å²) in [6.07, 6.45) is 2.32. The Morgan fingerprint density at radius 2 is 1.96 bits per heavy atom. The molecule has 0 spiro atoms. The number of halogens is 1. The van der Waals surface area contributed by atoms with E-state index in [4.69, 9.17) is 11.6 Å². The summed E-state index contributed by atoms with van der Waals surface area (Å²) >= 11 is 7.14. The standard InChI is InChI=1S/C14H20ClN3O3S2/c15-12-4-10-22-14(12)23(20,21)18-8-6-17(7-9-18)11-1-2-13(19)16-5-3-11/h4,10-11H,1-3,5-9H2,(H,16,19). The zero-order valence-corrected chi connectivity index (χ0v) is 15.1. The lowest BCUT2D eigenvalue weighted by Gasteiger charge is -2.38. The second-order valence-corrected chi connectivity index (χ2v) is 9.28. The van der Waals surface area contributed by atoms with Gasteiger partial charge < -0.3 is 5.32 Å². The molecular formula is C14H20ClN3O3S2. The number of rotatable bonds is 3. The van der Waals surface area contributed by atoms with Crippen molar-refractivity contribution in [1.29, 1.82) is 0 Å². The summed E-state index contributed by atoms with van der Waals surface area (Å²) in [5, 5.41) is 4.88. The summed E-state index contributed by atoms with van der Waals surface area (Å²) in [6.45, 7) is 3.03. The SMILES string of the molecule is O=C1CCC(N2CCN(S(=O)(=O)c3sccc3Cl)CC2)CCN1. The van der Waals surface area contributed by atoms with Crippen molar-refractivity contribution in [2.24, 2.45) is 0 Å². The number of carbonyl (C=O) groups excluding carboxylic acids is 1. The van der Waals surface area contributed by atoms with Crippen LogP contribution in [0.15, 0.2) is 15.7 Å². The van der Waals surface area contributed by atoms with Crippen molar-refractivity contribution in [3.8, 4) is 0 Å². The Morgan fingerprint density at radius 1 is 1.22 bits per heavy atom. The molecule has 1 atom stereocenters. The smallest absolute Gasteiger partial charge is 0.254 e. The minimum Gasteiger partial charge on any atom is -0.356 e. The monoisotopic (exact) mass is 377 g/mol. The molecule has 9 heteroatoms. The number of carbonyl (C=O) groups is 1. The van der Waals surface area contributed by atoms with Crippen molar-refractivity contribution in [3.05, 3.63) is 16.5 Å². The van der Waals surface area contributed by atoms with Gasteiger partial charge in [-0.3, -0.25) is 9.69 Å². The summed E-state index contributed by atoms with van der Waals surface area (Å²) in [6, 6.07) is 1.97. The second kappa shape index (κ2) is 7.06. The Labute approximate surface area is 145 Å². The Balaban J connectivity index is 1.62. The third kappa shape index (κ3) is 3.71. The van der Waals surface area contributed by atoms with Crippen LogP contribution in [0.4, 0.5) is 0 Å². The molecule has 1 aromatic rings. The molecule has 1 unspecified atom stereocenters. The predicted molar refractivity (Wildman–Crippen MR) is 90.3 cm³/mol. The first-order chi connectivity index (χ1) is 11.0. The lowest BCUT2D eigenvalue weighted by atomic mass is 10.1. The Kier molecular flexibility index (Phi) is 5.27. The van der Waals surface area contributed by atoms with E-state index >= 15 is 0 Å². The third-order valence-electron chi connectivity index (χ3n) is 4.45. The highest BCUT2D eigenvalue weighted by atomic mass is 35.5. The van der Waals surface area contributed by atoms with Crippen LogP contribution in [0, 0.1) is 0 Å². The molecule has 0 saturated carbocycles. The van der Waals surface area contributed by atoms with Crippen molar-refractivity contribution in [2.75, 3.05) is 32.7 Å². The lowest BCUT2D eigenvalue weighted by Crippen LogP contribution is -2.51. The highest BCUT2D eigenvalue weighted by Gasteiger charge is 2.33. The van der Waals surface area contributed by atoms with Crippen LogP contribution in [0.1, 0.15) is 19.3 Å². The molecule has 0 aliphatic carbocycles. The van der Waals surface area contributed by atoms with Gasteiger partial charge in [0.05, 0.1) is 5.02 Å². The van der Waals surface area contributed by atoms with Crippen molar-refractivity contribution in [3.63, 3.8) is 0 Å². The number of piperazine rings is 1. The van der Waals surface area contributed by atoms with Crippen molar-refractivity contribution in [1.82, 2.24) is 14.5 Å². The van der Waals surface area contributed by atoms with Gasteiger partial charge in [0.25, 0.3) is 10.0 Å². The number of hydrogen-bond acceptors (Lipinski definition) is 5. The van der Waals surface area contributed by atoms with Crippen molar-refractivity contribution >= 4 is 38.9 Å². The average molecular weight is 378 g/mol. The molecule has 2 aliphatic heterocycles. The van der Waals surface area contributed by atoms with Crippen molar-refractivity contribution < 1.29 is 13.2 Å². The van der Waals surface area contributed by atoms with Crippen molar-refractivity contribution in [2.45, 2.75) is 29.5 Å². The average Bonchev–Trinajstić information content (AvgIpc) is 2.86. The second-order valence-electron chi connectivity index (χ2n) is 5.83. The molecule has 0 bridgehead atoms. The maximum absolute atomic E-state index is 12.6. The summed E-state index contributed by atoms with van der Waals surface area (Å²) in [5.74, 6) is 0.112. The van der Waals surface area contributed by atoms with Crippen LogP contribution in [0.3, 0.4) is 0 Å². The summed E-state index contributed by atoms with van der Waals surface area (Å²) in [4.78, 5) is 13.7. The largest absolute Gasteiger partial charge is 0.356 e. The molecule has 128 valence electrons. The van der Waals surface area contributed by atoms with Gasteiger partial charge in [-0.25, -0.2) is 8.42 Å². The fraction of sp³-hybridized carbons (Fsp3) is 0.643. The zero-order chi connectivity index (χ0) is 16.4. The zero-order valence-electron chi connectivity index (χ0n) is 12.7. The first-order valence-electron chi connectivity index (χ1n) is 7.72. The lowest BCUT2D eigenvalue weighted by molar-refractivity contribution is -0.120. The van der Waals surface area contributed by atoms with Gasteiger partial charge in [0.2, 0.25) is 5.91 Å². The fourth-order valence-electron chi connectivity index (χ4n) is 3.16. The maximum atomic E-state index is 12.6. The van der Waals surface area contributed by atoms with Gasteiger partial charge in [0.15, 0.2) is 4.21 Å². The quantitative estimate of drug-likeness (QED) is 0.863. The van der Waals surface area contributed by atoms with Gasteiger partial charge in [-0.15, -0.1) is 11.3 Å².